The summed E-state index contributed by atoms with van der Waals surface area (Å²) in [6, 6.07) is 6.17. The molecule has 8 nitrogen and oxygen atoms in total. The molecule has 3 aromatic rings. The summed E-state index contributed by atoms with van der Waals surface area (Å²) in [5.41, 5.74) is 2.91. The molecule has 9 heteroatoms. The molecule has 1 unspecified atom stereocenters. The van der Waals surface area contributed by atoms with E-state index in [-0.39, 0.29) is 18.1 Å². The van der Waals surface area contributed by atoms with Crippen molar-refractivity contribution < 1.29 is 18.6 Å². The quantitative estimate of drug-likeness (QED) is 0.681. The molecule has 1 aliphatic heterocycles. The lowest BCUT2D eigenvalue weighted by atomic mass is 10.1. The van der Waals surface area contributed by atoms with Crippen molar-refractivity contribution in [3.05, 3.63) is 59.6 Å². The van der Waals surface area contributed by atoms with Crippen molar-refractivity contribution >= 4 is 5.91 Å². The number of aryl methyl sites for hydroxylation is 1. The van der Waals surface area contributed by atoms with Gasteiger partial charge in [-0.05, 0) is 19.1 Å². The van der Waals surface area contributed by atoms with Crippen molar-refractivity contribution in [3.63, 3.8) is 0 Å². The molecule has 3 heterocycles. The van der Waals surface area contributed by atoms with Crippen LogP contribution in [0.2, 0.25) is 0 Å². The van der Waals surface area contributed by atoms with E-state index < -0.39 is 6.10 Å². The van der Waals surface area contributed by atoms with Crippen molar-refractivity contribution in [1.29, 1.82) is 0 Å². The van der Waals surface area contributed by atoms with Crippen molar-refractivity contribution in [2.24, 2.45) is 0 Å². The fraction of sp³-hybridized carbons (Fsp3) is 0.316. The van der Waals surface area contributed by atoms with Crippen LogP contribution in [0.1, 0.15) is 23.2 Å². The monoisotopic (exact) mass is 383 g/mol. The summed E-state index contributed by atoms with van der Waals surface area (Å²) in [7, 11) is 0. The van der Waals surface area contributed by atoms with E-state index in [4.69, 9.17) is 4.74 Å². The van der Waals surface area contributed by atoms with Gasteiger partial charge in [0.15, 0.2) is 0 Å². The van der Waals surface area contributed by atoms with Gasteiger partial charge in [-0.3, -0.25) is 9.78 Å². The fourth-order valence-electron chi connectivity index (χ4n) is 3.04. The molecule has 1 amide bonds. The summed E-state index contributed by atoms with van der Waals surface area (Å²) in [4.78, 5) is 23.1. The molecule has 28 heavy (non-hydrogen) atoms. The van der Waals surface area contributed by atoms with Crippen molar-refractivity contribution in [2.45, 2.75) is 19.4 Å². The summed E-state index contributed by atoms with van der Waals surface area (Å²) < 4.78 is 23.9. The van der Waals surface area contributed by atoms with Crippen LogP contribution in [0.4, 0.5) is 4.39 Å². The molecular formula is C19H18FN5O3. The predicted octanol–water partition coefficient (Wildman–Crippen LogP) is 2.12. The van der Waals surface area contributed by atoms with Crippen LogP contribution in [-0.2, 0) is 16.0 Å². The highest BCUT2D eigenvalue weighted by Gasteiger charge is 2.27. The molecule has 1 saturated heterocycles. The number of morpholine rings is 1. The van der Waals surface area contributed by atoms with Gasteiger partial charge >= 0.3 is 0 Å². The second-order valence-corrected chi connectivity index (χ2v) is 6.51. The molecule has 0 N–H and O–H groups in total. The number of nitrogens with zero attached hydrogens (tertiary/aromatic N) is 5. The Morgan fingerprint density at radius 3 is 3.00 bits per heavy atom. The average Bonchev–Trinajstić information content (AvgIpc) is 3.12. The predicted molar refractivity (Wildman–Crippen MR) is 95.4 cm³/mol. The smallest absolute Gasteiger partial charge is 0.228 e. The first-order valence-corrected chi connectivity index (χ1v) is 8.85. The molecule has 1 atom stereocenters. The maximum absolute atomic E-state index is 13.5. The number of amides is 1. The first-order valence-electron chi connectivity index (χ1n) is 8.85. The maximum atomic E-state index is 13.5. The van der Waals surface area contributed by atoms with Crippen LogP contribution in [0, 0.1) is 12.7 Å². The van der Waals surface area contributed by atoms with E-state index in [1.54, 1.807) is 36.4 Å². The molecule has 0 bridgehead atoms. The van der Waals surface area contributed by atoms with Crippen LogP contribution in [0.5, 0.6) is 0 Å². The zero-order chi connectivity index (χ0) is 19.5. The highest BCUT2D eigenvalue weighted by molar-refractivity contribution is 5.78. The molecule has 4 rings (SSSR count). The first kappa shape index (κ1) is 18.2. The van der Waals surface area contributed by atoms with E-state index in [9.17, 15) is 9.18 Å². The fourth-order valence-corrected chi connectivity index (χ4v) is 3.04. The van der Waals surface area contributed by atoms with E-state index in [2.05, 4.69) is 24.9 Å². The highest BCUT2D eigenvalue weighted by atomic mass is 19.1. The molecule has 1 aromatic carbocycles. The number of hydrogen-bond donors (Lipinski definition) is 0. The van der Waals surface area contributed by atoms with E-state index in [0.717, 1.165) is 0 Å². The lowest BCUT2D eigenvalue weighted by molar-refractivity contribution is -0.138. The van der Waals surface area contributed by atoms with Crippen LogP contribution < -0.4 is 0 Å². The normalized spacial score (nSPS) is 16.9. The SMILES string of the molecule is Cc1nonc1CC(=O)N1CCOC(c2cncc(-c3cccc(F)c3)n2)C1. The number of rotatable bonds is 4. The minimum absolute atomic E-state index is 0.0821. The van der Waals surface area contributed by atoms with Gasteiger partial charge in [-0.2, -0.15) is 0 Å². The molecule has 1 fully saturated rings. The molecule has 1 aliphatic rings. The number of carbonyl (C=O) groups is 1. The number of halogens is 1. The van der Waals surface area contributed by atoms with Gasteiger partial charge in [0, 0.05) is 12.1 Å². The van der Waals surface area contributed by atoms with Gasteiger partial charge in [-0.15, -0.1) is 0 Å². The van der Waals surface area contributed by atoms with Gasteiger partial charge in [-0.25, -0.2) is 14.0 Å². The second kappa shape index (κ2) is 7.81. The number of benzene rings is 1. The summed E-state index contributed by atoms with van der Waals surface area (Å²) in [6.45, 7) is 2.97. The Morgan fingerprint density at radius 1 is 1.32 bits per heavy atom. The Labute approximate surface area is 160 Å². The molecule has 0 aliphatic carbocycles. The minimum atomic E-state index is -0.407. The van der Waals surface area contributed by atoms with E-state index in [1.165, 1.54) is 12.1 Å². The third-order valence-electron chi connectivity index (χ3n) is 4.59. The third kappa shape index (κ3) is 3.89. The molecule has 0 radical (unpaired) electrons. The molecule has 0 saturated carbocycles. The number of ether oxygens (including phenoxy) is 1. The largest absolute Gasteiger partial charge is 0.368 e. The first-order chi connectivity index (χ1) is 13.6. The standard InChI is InChI=1S/C19H18FN5O3/c1-12-15(24-28-23-12)8-19(26)25-5-6-27-18(11-25)17-10-21-9-16(22-17)13-3-2-4-14(20)7-13/h2-4,7,9-10,18H,5-6,8,11H2,1H3. The van der Waals surface area contributed by atoms with Gasteiger partial charge in [0.1, 0.15) is 23.3 Å². The number of hydrogen-bond acceptors (Lipinski definition) is 7. The van der Waals surface area contributed by atoms with Gasteiger partial charge in [-0.1, -0.05) is 22.4 Å². The highest BCUT2D eigenvalue weighted by Crippen LogP contribution is 2.24. The van der Waals surface area contributed by atoms with Crippen molar-refractivity contribution in [3.8, 4) is 11.3 Å². The molecule has 2 aromatic heterocycles. The Morgan fingerprint density at radius 2 is 2.21 bits per heavy atom. The van der Waals surface area contributed by atoms with E-state index in [0.29, 0.717) is 48.0 Å². The third-order valence-corrected chi connectivity index (χ3v) is 4.59. The Kier molecular flexibility index (Phi) is 5.07. The van der Waals surface area contributed by atoms with Crippen molar-refractivity contribution in [2.75, 3.05) is 19.7 Å². The van der Waals surface area contributed by atoms with Crippen LogP contribution in [0.15, 0.2) is 41.3 Å². The molecular weight excluding hydrogens is 365 g/mol. The van der Waals surface area contributed by atoms with Crippen molar-refractivity contribution in [1.82, 2.24) is 25.2 Å². The van der Waals surface area contributed by atoms with Crippen LogP contribution in [0.3, 0.4) is 0 Å². The second-order valence-electron chi connectivity index (χ2n) is 6.51. The number of carbonyl (C=O) groups excluding carboxylic acids is 1. The lowest BCUT2D eigenvalue weighted by Crippen LogP contribution is -2.43. The van der Waals surface area contributed by atoms with Gasteiger partial charge in [0.25, 0.3) is 0 Å². The van der Waals surface area contributed by atoms with Gasteiger partial charge in [0.05, 0.1) is 43.4 Å². The van der Waals surface area contributed by atoms with Gasteiger partial charge in [0.2, 0.25) is 5.91 Å². The number of aromatic nitrogens is 4. The average molecular weight is 383 g/mol. The molecule has 144 valence electrons. The summed E-state index contributed by atoms with van der Waals surface area (Å²) >= 11 is 0. The summed E-state index contributed by atoms with van der Waals surface area (Å²) in [6.07, 6.45) is 2.89. The minimum Gasteiger partial charge on any atom is -0.368 e. The summed E-state index contributed by atoms with van der Waals surface area (Å²) in [5, 5.41) is 7.46. The van der Waals surface area contributed by atoms with E-state index in [1.807, 2.05) is 0 Å². The zero-order valence-electron chi connectivity index (χ0n) is 15.2. The van der Waals surface area contributed by atoms with Crippen LogP contribution >= 0.6 is 0 Å². The van der Waals surface area contributed by atoms with Crippen LogP contribution in [0.25, 0.3) is 11.3 Å². The Balaban J connectivity index is 1.49. The topological polar surface area (TPSA) is 94.2 Å². The Bertz CT molecular complexity index is 993. The molecule has 0 spiro atoms. The zero-order valence-corrected chi connectivity index (χ0v) is 15.2. The Hall–Kier alpha value is -3.20. The van der Waals surface area contributed by atoms with Gasteiger partial charge < -0.3 is 9.64 Å². The van der Waals surface area contributed by atoms with Crippen LogP contribution in [-0.4, -0.2) is 50.8 Å². The summed E-state index contributed by atoms with van der Waals surface area (Å²) in [5.74, 6) is -0.422. The maximum Gasteiger partial charge on any atom is 0.228 e. The van der Waals surface area contributed by atoms with E-state index >= 15 is 0 Å². The lowest BCUT2D eigenvalue weighted by Gasteiger charge is -2.32.